The summed E-state index contributed by atoms with van der Waals surface area (Å²) >= 11 is 3.28. The Morgan fingerprint density at radius 3 is 2.75 bits per heavy atom. The smallest absolute Gasteiger partial charge is 0.116 e. The highest BCUT2D eigenvalue weighted by Crippen LogP contribution is 2.21. The third kappa shape index (κ3) is 2.98. The molecule has 68 valence electrons. The van der Waals surface area contributed by atoms with Crippen molar-refractivity contribution in [2.75, 3.05) is 0 Å². The number of phenolic OH excluding ortho intramolecular Hbond substituents is 1. The summed E-state index contributed by atoms with van der Waals surface area (Å²) in [5.41, 5.74) is 0.826. The van der Waals surface area contributed by atoms with Crippen molar-refractivity contribution >= 4 is 28.3 Å². The lowest BCUT2D eigenvalue weighted by Gasteiger charge is -2.02. The van der Waals surface area contributed by atoms with Crippen molar-refractivity contribution in [2.24, 2.45) is 5.90 Å². The van der Waals surface area contributed by atoms with Gasteiger partial charge in [-0.15, -0.1) is 12.4 Å². The summed E-state index contributed by atoms with van der Waals surface area (Å²) in [4.78, 5) is 4.42. The van der Waals surface area contributed by atoms with Crippen molar-refractivity contribution in [3.63, 3.8) is 0 Å². The quantitative estimate of drug-likeness (QED) is 0.793. The van der Waals surface area contributed by atoms with E-state index in [1.807, 2.05) is 0 Å². The average molecular weight is 255 g/mol. The monoisotopic (exact) mass is 253 g/mol. The normalized spacial score (nSPS) is 9.17. The predicted octanol–water partition coefficient (Wildman–Crippen LogP) is 1.97. The fourth-order valence-corrected chi connectivity index (χ4v) is 1.12. The first kappa shape index (κ1) is 11.7. The summed E-state index contributed by atoms with van der Waals surface area (Å²) < 4.78 is 0.876. The molecule has 0 fully saturated rings. The summed E-state index contributed by atoms with van der Waals surface area (Å²) in [6, 6.07) is 4.92. The van der Waals surface area contributed by atoms with Gasteiger partial charge in [0.1, 0.15) is 5.75 Å². The molecule has 0 radical (unpaired) electrons. The fraction of sp³-hybridized carbons (Fsp3) is 0.143. The highest BCUT2D eigenvalue weighted by molar-refractivity contribution is 9.10. The van der Waals surface area contributed by atoms with Gasteiger partial charge in [0.15, 0.2) is 0 Å². The molecule has 1 aromatic carbocycles. The molecule has 12 heavy (non-hydrogen) atoms. The van der Waals surface area contributed by atoms with Crippen LogP contribution in [0.2, 0.25) is 0 Å². The van der Waals surface area contributed by atoms with E-state index in [0.717, 1.165) is 10.0 Å². The van der Waals surface area contributed by atoms with Gasteiger partial charge in [-0.05, 0) is 23.8 Å². The topological polar surface area (TPSA) is 55.5 Å². The molecule has 3 nitrogen and oxygen atoms in total. The van der Waals surface area contributed by atoms with Crippen LogP contribution >= 0.6 is 28.3 Å². The van der Waals surface area contributed by atoms with E-state index in [0.29, 0.717) is 0 Å². The molecule has 0 aromatic heterocycles. The van der Waals surface area contributed by atoms with E-state index in [1.54, 1.807) is 18.2 Å². The first-order valence-corrected chi connectivity index (χ1v) is 3.82. The van der Waals surface area contributed by atoms with E-state index >= 15 is 0 Å². The summed E-state index contributed by atoms with van der Waals surface area (Å²) in [7, 11) is 0. The first-order valence-electron chi connectivity index (χ1n) is 3.03. The van der Waals surface area contributed by atoms with Crippen LogP contribution in [0.5, 0.6) is 5.75 Å². The number of phenols is 1. The molecule has 0 unspecified atom stereocenters. The second-order valence-corrected chi connectivity index (χ2v) is 2.94. The zero-order chi connectivity index (χ0) is 8.27. The van der Waals surface area contributed by atoms with Gasteiger partial charge in [0, 0.05) is 4.47 Å². The van der Waals surface area contributed by atoms with Crippen LogP contribution in [0.1, 0.15) is 5.56 Å². The van der Waals surface area contributed by atoms with Crippen molar-refractivity contribution in [2.45, 2.75) is 6.61 Å². The Labute approximate surface area is 85.0 Å². The number of aromatic hydroxyl groups is 1. The molecule has 0 amide bonds. The minimum Gasteiger partial charge on any atom is -0.508 e. The van der Waals surface area contributed by atoms with Gasteiger partial charge in [0.2, 0.25) is 0 Å². The van der Waals surface area contributed by atoms with Gasteiger partial charge in [-0.2, -0.15) is 0 Å². The minimum atomic E-state index is 0. The third-order valence-corrected chi connectivity index (χ3v) is 2.04. The van der Waals surface area contributed by atoms with Crippen molar-refractivity contribution in [1.82, 2.24) is 0 Å². The Kier molecular flexibility index (Phi) is 5.24. The summed E-state index contributed by atoms with van der Waals surface area (Å²) in [6.07, 6.45) is 0. The standard InChI is InChI=1S/C7H8BrNO2.ClH/c8-7-2-1-6(10)3-5(7)4-11-9;/h1-3,10H,4,9H2;1H. The Balaban J connectivity index is 0.00000121. The van der Waals surface area contributed by atoms with Crippen LogP contribution in [0, 0.1) is 0 Å². The third-order valence-electron chi connectivity index (χ3n) is 1.27. The van der Waals surface area contributed by atoms with Crippen molar-refractivity contribution in [3.05, 3.63) is 28.2 Å². The lowest BCUT2D eigenvalue weighted by Crippen LogP contribution is -1.99. The van der Waals surface area contributed by atoms with E-state index in [1.165, 1.54) is 0 Å². The van der Waals surface area contributed by atoms with E-state index in [-0.39, 0.29) is 24.8 Å². The Morgan fingerprint density at radius 1 is 1.50 bits per heavy atom. The molecular weight excluding hydrogens is 245 g/mol. The number of nitrogens with two attached hydrogens (primary N) is 1. The van der Waals surface area contributed by atoms with Gasteiger partial charge >= 0.3 is 0 Å². The number of halogens is 2. The first-order chi connectivity index (χ1) is 5.24. The number of rotatable bonds is 2. The van der Waals surface area contributed by atoms with Crippen molar-refractivity contribution in [3.8, 4) is 5.75 Å². The van der Waals surface area contributed by atoms with Gasteiger partial charge in [0.25, 0.3) is 0 Å². The molecule has 0 aliphatic heterocycles. The fourth-order valence-electron chi connectivity index (χ4n) is 0.762. The summed E-state index contributed by atoms with van der Waals surface area (Å²) in [5.74, 6) is 5.09. The van der Waals surface area contributed by atoms with Gasteiger partial charge in [-0.25, -0.2) is 5.90 Å². The second kappa shape index (κ2) is 5.37. The predicted molar refractivity (Wildman–Crippen MR) is 52.0 cm³/mol. The zero-order valence-corrected chi connectivity index (χ0v) is 8.56. The maximum Gasteiger partial charge on any atom is 0.116 e. The highest BCUT2D eigenvalue weighted by Gasteiger charge is 1.99. The molecule has 5 heteroatoms. The largest absolute Gasteiger partial charge is 0.508 e. The molecule has 0 saturated carbocycles. The zero-order valence-electron chi connectivity index (χ0n) is 6.16. The minimum absolute atomic E-state index is 0. The van der Waals surface area contributed by atoms with E-state index in [4.69, 9.17) is 11.0 Å². The van der Waals surface area contributed by atoms with Crippen LogP contribution < -0.4 is 5.90 Å². The molecule has 1 rings (SSSR count). The summed E-state index contributed by atoms with van der Waals surface area (Å²) in [5, 5.41) is 9.05. The molecule has 0 saturated heterocycles. The molecule has 0 aliphatic rings. The van der Waals surface area contributed by atoms with E-state index < -0.39 is 0 Å². The molecule has 0 aliphatic carbocycles. The molecule has 1 aromatic rings. The maximum absolute atomic E-state index is 9.05. The Hall–Kier alpha value is -0.290. The molecule has 0 atom stereocenters. The summed E-state index contributed by atoms with van der Waals surface area (Å²) in [6.45, 7) is 0.287. The van der Waals surface area contributed by atoms with Crippen LogP contribution in [-0.4, -0.2) is 5.11 Å². The number of benzene rings is 1. The molecule has 3 N–H and O–H groups in total. The lowest BCUT2D eigenvalue weighted by atomic mass is 10.2. The second-order valence-electron chi connectivity index (χ2n) is 2.09. The maximum atomic E-state index is 9.05. The van der Waals surface area contributed by atoms with Crippen LogP contribution in [0.3, 0.4) is 0 Å². The highest BCUT2D eigenvalue weighted by atomic mass is 79.9. The van der Waals surface area contributed by atoms with Crippen LogP contribution in [-0.2, 0) is 11.4 Å². The van der Waals surface area contributed by atoms with E-state index in [9.17, 15) is 0 Å². The van der Waals surface area contributed by atoms with Crippen molar-refractivity contribution in [1.29, 1.82) is 0 Å². The lowest BCUT2D eigenvalue weighted by molar-refractivity contribution is 0.123. The molecular formula is C7H9BrClNO2. The molecule has 0 heterocycles. The van der Waals surface area contributed by atoms with Crippen molar-refractivity contribution < 1.29 is 9.94 Å². The average Bonchev–Trinajstić information content (AvgIpc) is 1.98. The van der Waals surface area contributed by atoms with Crippen LogP contribution in [0.15, 0.2) is 22.7 Å². The van der Waals surface area contributed by atoms with E-state index in [2.05, 4.69) is 20.8 Å². The van der Waals surface area contributed by atoms with Gasteiger partial charge in [0.05, 0.1) is 6.61 Å². The SMILES string of the molecule is Cl.NOCc1cc(O)ccc1Br. The number of hydrogen-bond acceptors (Lipinski definition) is 3. The van der Waals surface area contributed by atoms with Gasteiger partial charge in [-0.3, -0.25) is 4.84 Å². The van der Waals surface area contributed by atoms with Crippen LogP contribution in [0.4, 0.5) is 0 Å². The Bertz CT molecular complexity index is 257. The number of hydrogen-bond donors (Lipinski definition) is 2. The molecule has 0 spiro atoms. The Morgan fingerprint density at radius 2 is 2.17 bits per heavy atom. The molecule has 0 bridgehead atoms. The van der Waals surface area contributed by atoms with Crippen LogP contribution in [0.25, 0.3) is 0 Å². The van der Waals surface area contributed by atoms with Gasteiger partial charge < -0.3 is 5.11 Å². The van der Waals surface area contributed by atoms with Gasteiger partial charge in [-0.1, -0.05) is 15.9 Å².